The summed E-state index contributed by atoms with van der Waals surface area (Å²) < 4.78 is 18.9. The quantitative estimate of drug-likeness (QED) is 0.403. The van der Waals surface area contributed by atoms with Crippen LogP contribution in [0.4, 0.5) is 0 Å². The zero-order valence-corrected chi connectivity index (χ0v) is 17.0. The summed E-state index contributed by atoms with van der Waals surface area (Å²) in [6, 6.07) is 25.5. The summed E-state index contributed by atoms with van der Waals surface area (Å²) in [5.41, 5.74) is 3.43. The number of esters is 1. The van der Waals surface area contributed by atoms with E-state index < -0.39 is 5.97 Å². The highest BCUT2D eigenvalue weighted by atomic mass is 16.5. The first kappa shape index (κ1) is 19.6. The number of benzene rings is 3. The van der Waals surface area contributed by atoms with Gasteiger partial charge in [-0.15, -0.1) is 0 Å². The zero-order chi connectivity index (χ0) is 20.9. The highest BCUT2D eigenvalue weighted by molar-refractivity contribution is 5.98. The maximum Gasteiger partial charge on any atom is 0.354 e. The summed E-state index contributed by atoms with van der Waals surface area (Å²) >= 11 is 0. The molecule has 0 N–H and O–H groups in total. The number of methoxy groups -OCH3 is 1. The molecule has 0 fully saturated rings. The molecule has 0 aliphatic rings. The van der Waals surface area contributed by atoms with E-state index in [1.54, 1.807) is 10.6 Å². The molecule has 0 saturated heterocycles. The Hall–Kier alpha value is -3.73. The van der Waals surface area contributed by atoms with Gasteiger partial charge in [0.15, 0.2) is 0 Å². The van der Waals surface area contributed by atoms with Gasteiger partial charge in [0.2, 0.25) is 0 Å². The lowest BCUT2D eigenvalue weighted by atomic mass is 10.2. The normalized spacial score (nSPS) is 10.7. The first-order valence-corrected chi connectivity index (χ1v) is 9.71. The van der Waals surface area contributed by atoms with E-state index >= 15 is 0 Å². The summed E-state index contributed by atoms with van der Waals surface area (Å²) in [5.74, 6) is 0.937. The van der Waals surface area contributed by atoms with Crippen LogP contribution in [0.3, 0.4) is 0 Å². The van der Waals surface area contributed by atoms with Gasteiger partial charge < -0.3 is 18.8 Å². The number of nitrogens with zero attached hydrogens (tertiary/aromatic N) is 1. The van der Waals surface area contributed by atoms with Crippen molar-refractivity contribution in [1.82, 2.24) is 4.57 Å². The number of ether oxygens (including phenoxy) is 3. The van der Waals surface area contributed by atoms with Gasteiger partial charge in [-0.2, -0.15) is 0 Å². The van der Waals surface area contributed by atoms with Gasteiger partial charge in [0, 0.05) is 24.6 Å². The van der Waals surface area contributed by atoms with Gasteiger partial charge in [-0.05, 0) is 17.2 Å². The van der Waals surface area contributed by atoms with Crippen molar-refractivity contribution < 1.29 is 19.0 Å². The van der Waals surface area contributed by atoms with E-state index in [-0.39, 0.29) is 0 Å². The SMILES string of the molecule is COC(=O)c1cc2c(OCc3ccccc3)cc(OCc3ccccc3)cc2n1C. The second-order valence-electron chi connectivity index (χ2n) is 6.98. The molecule has 0 radical (unpaired) electrons. The number of aryl methyl sites for hydroxylation is 1. The molecule has 5 heteroatoms. The molecular weight excluding hydrogens is 378 g/mol. The third-order valence-electron chi connectivity index (χ3n) is 4.98. The second-order valence-corrected chi connectivity index (χ2v) is 6.98. The fraction of sp³-hybridized carbons (Fsp3) is 0.160. The Bertz CT molecular complexity index is 1150. The Morgan fingerprint density at radius 2 is 1.43 bits per heavy atom. The Morgan fingerprint density at radius 3 is 2.03 bits per heavy atom. The maximum atomic E-state index is 12.2. The average molecular weight is 401 g/mol. The van der Waals surface area contributed by atoms with Crippen molar-refractivity contribution in [1.29, 1.82) is 0 Å². The second kappa shape index (κ2) is 8.74. The molecule has 0 aliphatic carbocycles. The summed E-state index contributed by atoms with van der Waals surface area (Å²) in [7, 11) is 3.21. The lowest BCUT2D eigenvalue weighted by Gasteiger charge is -2.12. The van der Waals surface area contributed by atoms with Crippen LogP contribution in [0, 0.1) is 0 Å². The summed E-state index contributed by atoms with van der Waals surface area (Å²) in [5, 5.41) is 0.834. The van der Waals surface area contributed by atoms with Crippen molar-refractivity contribution in [2.75, 3.05) is 7.11 Å². The highest BCUT2D eigenvalue weighted by Gasteiger charge is 2.18. The molecular formula is C25H23NO4. The lowest BCUT2D eigenvalue weighted by molar-refractivity contribution is 0.0590. The minimum atomic E-state index is -0.394. The minimum Gasteiger partial charge on any atom is -0.489 e. The number of rotatable bonds is 7. The number of aromatic nitrogens is 1. The maximum absolute atomic E-state index is 12.2. The first-order chi connectivity index (χ1) is 14.7. The number of carbonyl (C=O) groups is 1. The van der Waals surface area contributed by atoms with E-state index in [4.69, 9.17) is 14.2 Å². The van der Waals surface area contributed by atoms with E-state index in [1.807, 2.05) is 79.8 Å². The molecule has 5 nitrogen and oxygen atoms in total. The van der Waals surface area contributed by atoms with Gasteiger partial charge in [-0.3, -0.25) is 0 Å². The summed E-state index contributed by atoms with van der Waals surface area (Å²) in [6.45, 7) is 0.860. The third kappa shape index (κ3) is 4.15. The van der Waals surface area contributed by atoms with Crippen LogP contribution in [-0.2, 0) is 25.0 Å². The van der Waals surface area contributed by atoms with Gasteiger partial charge in [-0.25, -0.2) is 4.79 Å². The van der Waals surface area contributed by atoms with Crippen LogP contribution < -0.4 is 9.47 Å². The van der Waals surface area contributed by atoms with Crippen molar-refractivity contribution in [2.45, 2.75) is 13.2 Å². The molecule has 0 aliphatic heterocycles. The minimum absolute atomic E-state index is 0.394. The number of hydrogen-bond donors (Lipinski definition) is 0. The molecule has 0 spiro atoms. The van der Waals surface area contributed by atoms with Gasteiger partial charge in [0.05, 0.1) is 12.6 Å². The third-order valence-corrected chi connectivity index (χ3v) is 4.98. The highest BCUT2D eigenvalue weighted by Crippen LogP contribution is 2.34. The van der Waals surface area contributed by atoms with Crippen LogP contribution in [0.2, 0.25) is 0 Å². The molecule has 30 heavy (non-hydrogen) atoms. The monoisotopic (exact) mass is 401 g/mol. The van der Waals surface area contributed by atoms with Gasteiger partial charge >= 0.3 is 5.97 Å². The number of fused-ring (bicyclic) bond motifs is 1. The fourth-order valence-electron chi connectivity index (χ4n) is 3.35. The van der Waals surface area contributed by atoms with Crippen LogP contribution in [-0.4, -0.2) is 17.6 Å². The largest absolute Gasteiger partial charge is 0.489 e. The summed E-state index contributed by atoms with van der Waals surface area (Å²) in [4.78, 5) is 12.2. The zero-order valence-electron chi connectivity index (χ0n) is 17.0. The predicted molar refractivity (Wildman–Crippen MR) is 116 cm³/mol. The average Bonchev–Trinajstić information content (AvgIpc) is 3.13. The molecule has 152 valence electrons. The van der Waals surface area contributed by atoms with Gasteiger partial charge in [-0.1, -0.05) is 60.7 Å². The first-order valence-electron chi connectivity index (χ1n) is 9.71. The molecule has 0 saturated carbocycles. The van der Waals surface area contributed by atoms with Crippen LogP contribution in [0.15, 0.2) is 78.9 Å². The van der Waals surface area contributed by atoms with Crippen molar-refractivity contribution in [2.24, 2.45) is 7.05 Å². The molecule has 0 bridgehead atoms. The molecule has 1 heterocycles. The molecule has 3 aromatic carbocycles. The van der Waals surface area contributed by atoms with E-state index in [0.717, 1.165) is 22.0 Å². The number of carbonyl (C=O) groups excluding carboxylic acids is 1. The van der Waals surface area contributed by atoms with Crippen molar-refractivity contribution in [3.05, 3.63) is 95.7 Å². The van der Waals surface area contributed by atoms with Gasteiger partial charge in [0.25, 0.3) is 0 Å². The molecule has 0 atom stereocenters. The number of hydrogen-bond acceptors (Lipinski definition) is 4. The Balaban J connectivity index is 1.69. The predicted octanol–water partition coefficient (Wildman–Crippen LogP) is 5.12. The topological polar surface area (TPSA) is 49.7 Å². The van der Waals surface area contributed by atoms with Crippen molar-refractivity contribution >= 4 is 16.9 Å². The van der Waals surface area contributed by atoms with Crippen LogP contribution in [0.5, 0.6) is 11.5 Å². The van der Waals surface area contributed by atoms with Gasteiger partial charge in [0.1, 0.15) is 30.4 Å². The van der Waals surface area contributed by atoms with Crippen molar-refractivity contribution in [3.63, 3.8) is 0 Å². The van der Waals surface area contributed by atoms with Crippen LogP contribution in [0.25, 0.3) is 10.9 Å². The fourth-order valence-corrected chi connectivity index (χ4v) is 3.35. The molecule has 4 aromatic rings. The van der Waals surface area contributed by atoms with E-state index in [0.29, 0.717) is 30.4 Å². The van der Waals surface area contributed by atoms with Crippen LogP contribution in [0.1, 0.15) is 21.6 Å². The molecule has 4 rings (SSSR count). The Kier molecular flexibility index (Phi) is 5.70. The molecule has 0 unspecified atom stereocenters. The Labute approximate surface area is 175 Å². The lowest BCUT2D eigenvalue weighted by Crippen LogP contribution is -2.07. The standard InChI is InChI=1S/C25H23NO4/c1-26-22-13-20(29-16-18-9-5-3-6-10-18)14-24(21(22)15-23(26)25(27)28-2)30-17-19-11-7-4-8-12-19/h3-15H,16-17H2,1-2H3. The van der Waals surface area contributed by atoms with E-state index in [1.165, 1.54) is 7.11 Å². The Morgan fingerprint density at radius 1 is 0.833 bits per heavy atom. The van der Waals surface area contributed by atoms with E-state index in [9.17, 15) is 4.79 Å². The van der Waals surface area contributed by atoms with Crippen molar-refractivity contribution in [3.8, 4) is 11.5 Å². The molecule has 0 amide bonds. The van der Waals surface area contributed by atoms with Crippen LogP contribution >= 0.6 is 0 Å². The summed E-state index contributed by atoms with van der Waals surface area (Å²) in [6.07, 6.45) is 0. The smallest absolute Gasteiger partial charge is 0.354 e. The molecule has 1 aromatic heterocycles. The van der Waals surface area contributed by atoms with E-state index in [2.05, 4.69) is 0 Å².